The summed E-state index contributed by atoms with van der Waals surface area (Å²) in [6, 6.07) is 1.99. The number of hydrazone groups is 1. The average Bonchev–Trinajstić information content (AvgIpc) is 2.35. The second-order valence-corrected chi connectivity index (χ2v) is 4.71. The Balaban J connectivity index is 2.80. The quantitative estimate of drug-likeness (QED) is 0.310. The SMILES string of the molecule is CC(C)(C=NNC(=O)c1cc(O)c(O)c(O)c1)CO. The summed E-state index contributed by atoms with van der Waals surface area (Å²) in [6.07, 6.45) is 1.37. The number of carbonyl (C=O) groups excluding carboxylic acids is 1. The first-order valence-corrected chi connectivity index (χ1v) is 5.47. The maximum Gasteiger partial charge on any atom is 0.271 e. The predicted octanol–water partition coefficient (Wildman–Crippen LogP) is 0.537. The number of carbonyl (C=O) groups is 1. The van der Waals surface area contributed by atoms with Gasteiger partial charge in [0.05, 0.1) is 6.61 Å². The summed E-state index contributed by atoms with van der Waals surface area (Å²) < 4.78 is 0. The van der Waals surface area contributed by atoms with Crippen molar-refractivity contribution in [2.75, 3.05) is 6.61 Å². The fourth-order valence-electron chi connectivity index (χ4n) is 1.11. The van der Waals surface area contributed by atoms with Gasteiger partial charge < -0.3 is 20.4 Å². The molecule has 104 valence electrons. The Kier molecular flexibility index (Phi) is 4.34. The summed E-state index contributed by atoms with van der Waals surface area (Å²) in [6.45, 7) is 3.31. The minimum atomic E-state index is -0.693. The number of hydrogen-bond acceptors (Lipinski definition) is 6. The van der Waals surface area contributed by atoms with Gasteiger partial charge in [-0.05, 0) is 12.1 Å². The number of phenolic OH excluding ortho intramolecular Hbond substituents is 3. The summed E-state index contributed by atoms with van der Waals surface area (Å²) in [5.41, 5.74) is 1.54. The second-order valence-electron chi connectivity index (χ2n) is 4.71. The van der Waals surface area contributed by atoms with E-state index in [9.17, 15) is 15.0 Å². The Morgan fingerprint density at radius 2 is 1.84 bits per heavy atom. The first kappa shape index (κ1) is 14.8. The number of amides is 1. The molecule has 0 heterocycles. The zero-order valence-corrected chi connectivity index (χ0v) is 10.6. The number of phenols is 3. The van der Waals surface area contributed by atoms with Crippen molar-refractivity contribution < 1.29 is 25.2 Å². The van der Waals surface area contributed by atoms with Gasteiger partial charge in [-0.15, -0.1) is 0 Å². The van der Waals surface area contributed by atoms with Crippen LogP contribution in [0.1, 0.15) is 24.2 Å². The first-order chi connectivity index (χ1) is 8.76. The molecule has 0 saturated heterocycles. The lowest BCUT2D eigenvalue weighted by atomic mass is 9.97. The van der Waals surface area contributed by atoms with Gasteiger partial charge in [0.15, 0.2) is 17.2 Å². The highest BCUT2D eigenvalue weighted by molar-refractivity contribution is 5.95. The molecule has 0 unspecified atom stereocenters. The minimum absolute atomic E-state index is 0.0632. The van der Waals surface area contributed by atoms with Crippen LogP contribution in [0.5, 0.6) is 17.2 Å². The topological polar surface area (TPSA) is 122 Å². The third-order valence-corrected chi connectivity index (χ3v) is 2.32. The molecular formula is C12H16N2O5. The standard InChI is InChI=1S/C12H16N2O5/c1-12(2,6-15)5-13-14-11(19)7-3-8(16)10(18)9(17)4-7/h3-5,15-18H,6H2,1-2H3,(H,14,19). The lowest BCUT2D eigenvalue weighted by molar-refractivity contribution is 0.0953. The zero-order chi connectivity index (χ0) is 14.6. The summed E-state index contributed by atoms with van der Waals surface area (Å²) in [7, 11) is 0. The highest BCUT2D eigenvalue weighted by Gasteiger charge is 2.15. The molecule has 0 spiro atoms. The molecule has 0 fully saturated rings. The van der Waals surface area contributed by atoms with Crippen LogP contribution in [0.3, 0.4) is 0 Å². The summed E-state index contributed by atoms with van der Waals surface area (Å²) >= 11 is 0. The van der Waals surface area contributed by atoms with Crippen LogP contribution in [-0.4, -0.2) is 39.2 Å². The third kappa shape index (κ3) is 3.85. The van der Waals surface area contributed by atoms with Gasteiger partial charge >= 0.3 is 0 Å². The van der Waals surface area contributed by atoms with E-state index in [-0.39, 0.29) is 12.2 Å². The van der Waals surface area contributed by atoms with Crippen molar-refractivity contribution in [3.63, 3.8) is 0 Å². The molecule has 7 nitrogen and oxygen atoms in total. The number of aliphatic hydroxyl groups excluding tert-OH is 1. The maximum absolute atomic E-state index is 11.6. The normalized spacial score (nSPS) is 11.7. The molecule has 19 heavy (non-hydrogen) atoms. The molecule has 1 amide bonds. The Hall–Kier alpha value is -2.28. The van der Waals surface area contributed by atoms with Gasteiger partial charge in [-0.1, -0.05) is 13.8 Å². The van der Waals surface area contributed by atoms with Gasteiger partial charge in [0.1, 0.15) is 0 Å². The van der Waals surface area contributed by atoms with E-state index in [0.29, 0.717) is 0 Å². The van der Waals surface area contributed by atoms with E-state index in [2.05, 4.69) is 10.5 Å². The smallest absolute Gasteiger partial charge is 0.271 e. The molecule has 0 atom stereocenters. The molecule has 0 aliphatic heterocycles. The molecule has 0 aliphatic rings. The number of hydrogen-bond donors (Lipinski definition) is 5. The first-order valence-electron chi connectivity index (χ1n) is 5.47. The number of aromatic hydroxyl groups is 3. The van der Waals surface area contributed by atoms with Crippen LogP contribution in [0, 0.1) is 5.41 Å². The summed E-state index contributed by atoms with van der Waals surface area (Å²) in [5.74, 6) is -2.58. The molecule has 0 aliphatic carbocycles. The van der Waals surface area contributed by atoms with Gasteiger partial charge in [0.25, 0.3) is 5.91 Å². The fourth-order valence-corrected chi connectivity index (χ4v) is 1.11. The predicted molar refractivity (Wildman–Crippen MR) is 68.3 cm³/mol. The Bertz CT molecular complexity index is 488. The van der Waals surface area contributed by atoms with Crippen LogP contribution in [0.25, 0.3) is 0 Å². The molecular weight excluding hydrogens is 252 g/mol. The Morgan fingerprint density at radius 3 is 2.32 bits per heavy atom. The van der Waals surface area contributed by atoms with Crippen LogP contribution in [0.2, 0.25) is 0 Å². The van der Waals surface area contributed by atoms with E-state index in [0.717, 1.165) is 12.1 Å². The van der Waals surface area contributed by atoms with Gasteiger partial charge in [0.2, 0.25) is 0 Å². The van der Waals surface area contributed by atoms with E-state index in [4.69, 9.17) is 10.2 Å². The zero-order valence-electron chi connectivity index (χ0n) is 10.6. The minimum Gasteiger partial charge on any atom is -0.504 e. The highest BCUT2D eigenvalue weighted by Crippen LogP contribution is 2.35. The van der Waals surface area contributed by atoms with Crippen molar-refractivity contribution in [1.82, 2.24) is 5.43 Å². The lowest BCUT2D eigenvalue weighted by Crippen LogP contribution is -2.23. The van der Waals surface area contributed by atoms with Crippen molar-refractivity contribution in [3.8, 4) is 17.2 Å². The molecule has 7 heteroatoms. The number of nitrogens with one attached hydrogen (secondary N) is 1. The van der Waals surface area contributed by atoms with Crippen molar-refractivity contribution in [2.24, 2.45) is 10.5 Å². The fraction of sp³-hybridized carbons (Fsp3) is 0.333. The molecule has 1 aromatic rings. The average molecular weight is 268 g/mol. The van der Waals surface area contributed by atoms with Gasteiger partial charge in [-0.25, -0.2) is 5.43 Å². The van der Waals surface area contributed by atoms with Crippen molar-refractivity contribution in [2.45, 2.75) is 13.8 Å². The van der Waals surface area contributed by atoms with Crippen molar-refractivity contribution >= 4 is 12.1 Å². The van der Waals surface area contributed by atoms with Crippen LogP contribution in [-0.2, 0) is 0 Å². The summed E-state index contributed by atoms with van der Waals surface area (Å²) in [5, 5.41) is 40.3. The molecule has 0 saturated carbocycles. The molecule has 1 aromatic carbocycles. The number of benzene rings is 1. The Morgan fingerprint density at radius 1 is 1.32 bits per heavy atom. The van der Waals surface area contributed by atoms with Gasteiger partial charge in [-0.3, -0.25) is 4.79 Å². The number of nitrogens with zero attached hydrogens (tertiary/aromatic N) is 1. The second kappa shape index (κ2) is 5.57. The van der Waals surface area contributed by atoms with E-state index >= 15 is 0 Å². The van der Waals surface area contributed by atoms with E-state index in [1.807, 2.05) is 0 Å². The van der Waals surface area contributed by atoms with Crippen LogP contribution in [0.15, 0.2) is 17.2 Å². The lowest BCUT2D eigenvalue weighted by Gasteiger charge is -2.14. The van der Waals surface area contributed by atoms with Crippen LogP contribution in [0.4, 0.5) is 0 Å². The molecule has 1 rings (SSSR count). The van der Waals surface area contributed by atoms with Crippen molar-refractivity contribution in [3.05, 3.63) is 17.7 Å². The molecule has 0 aromatic heterocycles. The number of rotatable bonds is 4. The third-order valence-electron chi connectivity index (χ3n) is 2.32. The van der Waals surface area contributed by atoms with Crippen LogP contribution < -0.4 is 5.43 Å². The Labute approximate surface area is 109 Å². The van der Waals surface area contributed by atoms with E-state index in [1.54, 1.807) is 13.8 Å². The maximum atomic E-state index is 11.6. The van der Waals surface area contributed by atoms with Gasteiger partial charge in [0, 0.05) is 17.2 Å². The molecule has 5 N–H and O–H groups in total. The highest BCUT2D eigenvalue weighted by atomic mass is 16.3. The van der Waals surface area contributed by atoms with Crippen molar-refractivity contribution in [1.29, 1.82) is 0 Å². The van der Waals surface area contributed by atoms with Crippen LogP contribution >= 0.6 is 0 Å². The molecule has 0 bridgehead atoms. The van der Waals surface area contributed by atoms with Gasteiger partial charge in [-0.2, -0.15) is 5.10 Å². The molecule has 0 radical (unpaired) electrons. The monoisotopic (exact) mass is 268 g/mol. The van der Waals surface area contributed by atoms with E-state index in [1.165, 1.54) is 6.21 Å². The summed E-state index contributed by atoms with van der Waals surface area (Å²) in [4.78, 5) is 11.6. The largest absolute Gasteiger partial charge is 0.504 e. The van der Waals surface area contributed by atoms with E-state index < -0.39 is 28.6 Å². The number of aliphatic hydroxyl groups is 1.